The molecule has 2 amide bonds. The average Bonchev–Trinajstić information content (AvgIpc) is 2.52. The fourth-order valence-electron chi connectivity index (χ4n) is 3.00. The van der Waals surface area contributed by atoms with Gasteiger partial charge in [-0.3, -0.25) is 9.59 Å². The molecule has 0 aliphatic carbocycles. The van der Waals surface area contributed by atoms with Gasteiger partial charge in [0.05, 0.1) is 13.2 Å². The Morgan fingerprint density at radius 3 is 2.71 bits per heavy atom. The van der Waals surface area contributed by atoms with Crippen molar-refractivity contribution in [3.8, 4) is 0 Å². The molecule has 6 heteroatoms. The lowest BCUT2D eigenvalue weighted by Gasteiger charge is -2.32. The number of morpholine rings is 1. The summed E-state index contributed by atoms with van der Waals surface area (Å²) in [6, 6.07) is -0.0367. The van der Waals surface area contributed by atoms with Gasteiger partial charge in [-0.1, -0.05) is 6.92 Å². The Kier molecular flexibility index (Phi) is 5.99. The van der Waals surface area contributed by atoms with E-state index in [1.165, 1.54) is 0 Å². The topological polar surface area (TPSA) is 70.7 Å². The standard InChI is InChI=1S/C15H27N3O3/c1-3-13(15(20)18-6-8-21-9-7-18)17-14(19)12-4-5-16-11(2)10-12/h11-13,16H,3-10H2,1-2H3,(H,17,19)/t11-,12-,13?/m0/s1. The number of hydrogen-bond acceptors (Lipinski definition) is 4. The summed E-state index contributed by atoms with van der Waals surface area (Å²) >= 11 is 0. The lowest BCUT2D eigenvalue weighted by atomic mass is 9.92. The van der Waals surface area contributed by atoms with Gasteiger partial charge in [-0.2, -0.15) is 0 Å². The first kappa shape index (κ1) is 16.2. The zero-order chi connectivity index (χ0) is 15.2. The molecule has 21 heavy (non-hydrogen) atoms. The van der Waals surface area contributed by atoms with Gasteiger partial charge in [0.2, 0.25) is 11.8 Å². The summed E-state index contributed by atoms with van der Waals surface area (Å²) in [4.78, 5) is 26.6. The number of rotatable bonds is 4. The third kappa shape index (κ3) is 4.41. The highest BCUT2D eigenvalue weighted by atomic mass is 16.5. The van der Waals surface area contributed by atoms with Crippen LogP contribution in [0.3, 0.4) is 0 Å². The monoisotopic (exact) mass is 297 g/mol. The first-order valence-corrected chi connectivity index (χ1v) is 8.02. The summed E-state index contributed by atoms with van der Waals surface area (Å²) < 4.78 is 5.26. The molecule has 0 saturated carbocycles. The third-order valence-corrected chi connectivity index (χ3v) is 4.34. The highest BCUT2D eigenvalue weighted by molar-refractivity contribution is 5.88. The molecule has 2 aliphatic rings. The first-order chi connectivity index (χ1) is 10.1. The minimum atomic E-state index is -0.402. The van der Waals surface area contributed by atoms with Crippen molar-refractivity contribution in [3.63, 3.8) is 0 Å². The van der Waals surface area contributed by atoms with Gasteiger partial charge in [0.15, 0.2) is 0 Å². The second kappa shape index (κ2) is 7.75. The predicted octanol–water partition coefficient (Wildman–Crippen LogP) is 0.128. The zero-order valence-electron chi connectivity index (χ0n) is 13.1. The van der Waals surface area contributed by atoms with E-state index in [9.17, 15) is 9.59 Å². The number of hydrogen-bond donors (Lipinski definition) is 2. The Morgan fingerprint density at radius 2 is 2.10 bits per heavy atom. The number of nitrogens with zero attached hydrogens (tertiary/aromatic N) is 1. The van der Waals surface area contributed by atoms with Gasteiger partial charge in [0.1, 0.15) is 6.04 Å². The second-order valence-electron chi connectivity index (χ2n) is 5.98. The Labute approximate surface area is 126 Å². The number of carbonyl (C=O) groups excluding carboxylic acids is 2. The third-order valence-electron chi connectivity index (χ3n) is 4.34. The van der Waals surface area contributed by atoms with Gasteiger partial charge in [-0.25, -0.2) is 0 Å². The molecule has 2 saturated heterocycles. The average molecular weight is 297 g/mol. The molecule has 0 bridgehead atoms. The van der Waals surface area contributed by atoms with Gasteiger partial charge < -0.3 is 20.3 Å². The molecule has 2 heterocycles. The molecular weight excluding hydrogens is 270 g/mol. The molecule has 2 fully saturated rings. The maximum Gasteiger partial charge on any atom is 0.245 e. The summed E-state index contributed by atoms with van der Waals surface area (Å²) in [7, 11) is 0. The predicted molar refractivity (Wildman–Crippen MR) is 79.8 cm³/mol. The van der Waals surface area contributed by atoms with Gasteiger partial charge >= 0.3 is 0 Å². The van der Waals surface area contributed by atoms with Crippen molar-refractivity contribution < 1.29 is 14.3 Å². The molecule has 3 atom stereocenters. The number of amides is 2. The van der Waals surface area contributed by atoms with Crippen molar-refractivity contribution in [2.45, 2.75) is 45.2 Å². The van der Waals surface area contributed by atoms with E-state index in [1.807, 2.05) is 6.92 Å². The van der Waals surface area contributed by atoms with Crippen LogP contribution in [0.5, 0.6) is 0 Å². The van der Waals surface area contributed by atoms with Crippen LogP contribution in [0.15, 0.2) is 0 Å². The summed E-state index contributed by atoms with van der Waals surface area (Å²) in [5.74, 6) is 0.0701. The molecule has 0 aromatic rings. The Bertz CT molecular complexity index is 369. The first-order valence-electron chi connectivity index (χ1n) is 8.02. The van der Waals surface area contributed by atoms with E-state index < -0.39 is 6.04 Å². The number of piperidine rings is 1. The molecule has 2 rings (SSSR count). The summed E-state index contributed by atoms with van der Waals surface area (Å²) in [5.41, 5.74) is 0. The Morgan fingerprint density at radius 1 is 1.38 bits per heavy atom. The molecule has 0 radical (unpaired) electrons. The van der Waals surface area contributed by atoms with Gasteiger partial charge in [-0.15, -0.1) is 0 Å². The minimum Gasteiger partial charge on any atom is -0.378 e. The summed E-state index contributed by atoms with van der Waals surface area (Å²) in [6.07, 6.45) is 2.31. The Hall–Kier alpha value is -1.14. The molecule has 0 aromatic heterocycles. The van der Waals surface area contributed by atoms with Crippen LogP contribution < -0.4 is 10.6 Å². The van der Waals surface area contributed by atoms with Crippen LogP contribution in [-0.4, -0.2) is 61.6 Å². The van der Waals surface area contributed by atoms with Crippen molar-refractivity contribution >= 4 is 11.8 Å². The lowest BCUT2D eigenvalue weighted by Crippen LogP contribution is -2.53. The van der Waals surface area contributed by atoms with E-state index in [0.29, 0.717) is 38.8 Å². The number of ether oxygens (including phenoxy) is 1. The van der Waals surface area contributed by atoms with Crippen LogP contribution in [0.2, 0.25) is 0 Å². The van der Waals surface area contributed by atoms with E-state index in [2.05, 4.69) is 17.6 Å². The van der Waals surface area contributed by atoms with Crippen LogP contribution in [0.4, 0.5) is 0 Å². The normalized spacial score (nSPS) is 28.0. The molecule has 120 valence electrons. The van der Waals surface area contributed by atoms with E-state index in [-0.39, 0.29) is 17.7 Å². The van der Waals surface area contributed by atoms with Crippen molar-refractivity contribution in [2.24, 2.45) is 5.92 Å². The van der Waals surface area contributed by atoms with Crippen molar-refractivity contribution in [1.29, 1.82) is 0 Å². The van der Waals surface area contributed by atoms with Gasteiger partial charge in [0.25, 0.3) is 0 Å². The fraction of sp³-hybridized carbons (Fsp3) is 0.867. The molecule has 2 aliphatic heterocycles. The van der Waals surface area contributed by atoms with Crippen LogP contribution in [0.25, 0.3) is 0 Å². The molecule has 1 unspecified atom stereocenters. The quantitative estimate of drug-likeness (QED) is 0.774. The largest absolute Gasteiger partial charge is 0.378 e. The van der Waals surface area contributed by atoms with E-state index in [1.54, 1.807) is 4.90 Å². The maximum atomic E-state index is 12.5. The van der Waals surface area contributed by atoms with Crippen molar-refractivity contribution in [2.75, 3.05) is 32.8 Å². The highest BCUT2D eigenvalue weighted by Crippen LogP contribution is 2.16. The fourth-order valence-corrected chi connectivity index (χ4v) is 3.00. The number of carbonyl (C=O) groups is 2. The van der Waals surface area contributed by atoms with Gasteiger partial charge in [0, 0.05) is 25.0 Å². The molecule has 0 aromatic carbocycles. The summed E-state index contributed by atoms with van der Waals surface area (Å²) in [6.45, 7) is 7.31. The van der Waals surface area contributed by atoms with Gasteiger partial charge in [-0.05, 0) is 32.7 Å². The minimum absolute atomic E-state index is 0.0211. The maximum absolute atomic E-state index is 12.5. The van der Waals surface area contributed by atoms with Crippen LogP contribution in [0.1, 0.15) is 33.1 Å². The van der Waals surface area contributed by atoms with E-state index in [4.69, 9.17) is 4.74 Å². The number of nitrogens with one attached hydrogen (secondary N) is 2. The highest BCUT2D eigenvalue weighted by Gasteiger charge is 2.30. The van der Waals surface area contributed by atoms with Crippen LogP contribution in [0, 0.1) is 5.92 Å². The van der Waals surface area contributed by atoms with E-state index in [0.717, 1.165) is 19.4 Å². The van der Waals surface area contributed by atoms with Crippen molar-refractivity contribution in [3.05, 3.63) is 0 Å². The van der Waals surface area contributed by atoms with Crippen molar-refractivity contribution in [1.82, 2.24) is 15.5 Å². The molecule has 0 spiro atoms. The van der Waals surface area contributed by atoms with E-state index >= 15 is 0 Å². The smallest absolute Gasteiger partial charge is 0.245 e. The Balaban J connectivity index is 1.88. The second-order valence-corrected chi connectivity index (χ2v) is 5.98. The van der Waals surface area contributed by atoms with Crippen LogP contribution >= 0.6 is 0 Å². The van der Waals surface area contributed by atoms with Crippen LogP contribution in [-0.2, 0) is 14.3 Å². The molecular formula is C15H27N3O3. The molecule has 2 N–H and O–H groups in total. The summed E-state index contributed by atoms with van der Waals surface area (Å²) in [5, 5.41) is 6.29. The molecule has 6 nitrogen and oxygen atoms in total. The lowest BCUT2D eigenvalue weighted by molar-refractivity contribution is -0.141. The SMILES string of the molecule is CCC(NC(=O)[C@H]1CCN[C@@H](C)C1)C(=O)N1CCOCC1. The zero-order valence-corrected chi connectivity index (χ0v) is 13.1.